The SMILES string of the molecule is C=C(NOOOSC)c1ccccc1. The van der Waals surface area contributed by atoms with Gasteiger partial charge in [-0.05, 0) is 10.6 Å². The van der Waals surface area contributed by atoms with Crippen LogP contribution in [-0.4, -0.2) is 6.26 Å². The minimum atomic E-state index is 0.593. The van der Waals surface area contributed by atoms with Crippen LogP contribution in [-0.2, 0) is 14.4 Å². The molecule has 0 saturated heterocycles. The summed E-state index contributed by atoms with van der Waals surface area (Å²) in [6.45, 7) is 3.74. The summed E-state index contributed by atoms with van der Waals surface area (Å²) in [5.41, 5.74) is 3.99. The molecule has 14 heavy (non-hydrogen) atoms. The Labute approximate surface area is 86.9 Å². The number of hydrogen-bond donors (Lipinski definition) is 1. The first-order valence-corrected chi connectivity index (χ1v) is 5.03. The van der Waals surface area contributed by atoms with E-state index in [2.05, 4.69) is 26.4 Å². The van der Waals surface area contributed by atoms with E-state index >= 15 is 0 Å². The lowest BCUT2D eigenvalue weighted by atomic mass is 10.2. The first-order chi connectivity index (χ1) is 6.84. The van der Waals surface area contributed by atoms with Crippen LogP contribution in [0.1, 0.15) is 5.56 Å². The van der Waals surface area contributed by atoms with Crippen molar-refractivity contribution < 1.29 is 14.4 Å². The minimum Gasteiger partial charge on any atom is -0.233 e. The third kappa shape index (κ3) is 3.80. The molecule has 0 atom stereocenters. The highest BCUT2D eigenvalue weighted by atomic mass is 32.2. The molecule has 0 aliphatic heterocycles. The first kappa shape index (κ1) is 11.1. The summed E-state index contributed by atoms with van der Waals surface area (Å²) in [5.74, 6) is 0. The molecule has 5 heteroatoms. The number of hydroxylamine groups is 1. The Morgan fingerprint density at radius 1 is 1.36 bits per heavy atom. The van der Waals surface area contributed by atoms with E-state index in [0.29, 0.717) is 5.70 Å². The molecule has 0 unspecified atom stereocenters. The molecule has 0 heterocycles. The molecule has 1 aromatic carbocycles. The molecule has 1 rings (SSSR count). The summed E-state index contributed by atoms with van der Waals surface area (Å²) in [4.78, 5) is 4.50. The second kappa shape index (κ2) is 6.44. The molecular weight excluding hydrogens is 202 g/mol. The zero-order chi connectivity index (χ0) is 10.2. The van der Waals surface area contributed by atoms with E-state index in [9.17, 15) is 0 Å². The van der Waals surface area contributed by atoms with Gasteiger partial charge in [-0.25, -0.2) is 5.48 Å². The summed E-state index contributed by atoms with van der Waals surface area (Å²) in [6.07, 6.45) is 1.70. The molecule has 76 valence electrons. The van der Waals surface area contributed by atoms with Crippen molar-refractivity contribution in [1.82, 2.24) is 5.48 Å². The van der Waals surface area contributed by atoms with Gasteiger partial charge in [0.2, 0.25) is 0 Å². The van der Waals surface area contributed by atoms with Crippen LogP contribution in [0.3, 0.4) is 0 Å². The summed E-state index contributed by atoms with van der Waals surface area (Å²) >= 11 is 1.03. The van der Waals surface area contributed by atoms with Crippen molar-refractivity contribution in [3.8, 4) is 0 Å². The Morgan fingerprint density at radius 2 is 2.07 bits per heavy atom. The van der Waals surface area contributed by atoms with Gasteiger partial charge >= 0.3 is 0 Å². The summed E-state index contributed by atoms with van der Waals surface area (Å²) in [5, 5.41) is 4.27. The van der Waals surface area contributed by atoms with Gasteiger partial charge in [0.15, 0.2) is 0 Å². The Kier molecular flexibility index (Phi) is 5.09. The lowest BCUT2D eigenvalue weighted by molar-refractivity contribution is -0.479. The average molecular weight is 213 g/mol. The van der Waals surface area contributed by atoms with Gasteiger partial charge in [-0.15, -0.1) is 4.33 Å². The summed E-state index contributed by atoms with van der Waals surface area (Å²) in [7, 11) is 0. The van der Waals surface area contributed by atoms with Crippen molar-refractivity contribution in [3.05, 3.63) is 42.5 Å². The topological polar surface area (TPSA) is 39.7 Å². The Bertz CT molecular complexity index is 279. The first-order valence-electron chi connectivity index (χ1n) is 3.88. The molecule has 4 nitrogen and oxygen atoms in total. The van der Waals surface area contributed by atoms with E-state index in [1.165, 1.54) is 0 Å². The van der Waals surface area contributed by atoms with E-state index in [0.717, 1.165) is 17.6 Å². The molecule has 0 aliphatic rings. The van der Waals surface area contributed by atoms with Gasteiger partial charge in [0.25, 0.3) is 0 Å². The van der Waals surface area contributed by atoms with Gasteiger partial charge in [-0.2, -0.15) is 0 Å². The highest BCUT2D eigenvalue weighted by Gasteiger charge is 1.96. The van der Waals surface area contributed by atoms with E-state index < -0.39 is 0 Å². The van der Waals surface area contributed by atoms with Crippen molar-refractivity contribution >= 4 is 17.7 Å². The fraction of sp³-hybridized carbons (Fsp3) is 0.111. The minimum absolute atomic E-state index is 0.593. The van der Waals surface area contributed by atoms with E-state index in [1.807, 2.05) is 30.3 Å². The van der Waals surface area contributed by atoms with Crippen LogP contribution in [0.5, 0.6) is 0 Å². The third-order valence-electron chi connectivity index (χ3n) is 1.42. The lowest BCUT2D eigenvalue weighted by Crippen LogP contribution is -2.11. The molecule has 0 bridgehead atoms. The van der Waals surface area contributed by atoms with Gasteiger partial charge in [0.1, 0.15) is 0 Å². The monoisotopic (exact) mass is 213 g/mol. The molecule has 1 aromatic rings. The molecule has 0 aromatic heterocycles. The molecule has 1 N–H and O–H groups in total. The molecular formula is C9H11NO3S. The summed E-state index contributed by atoms with van der Waals surface area (Å²) < 4.78 is 4.41. The molecule has 0 amide bonds. The van der Waals surface area contributed by atoms with Crippen LogP contribution >= 0.6 is 12.0 Å². The Balaban J connectivity index is 2.29. The van der Waals surface area contributed by atoms with Gasteiger partial charge < -0.3 is 0 Å². The predicted molar refractivity (Wildman–Crippen MR) is 55.4 cm³/mol. The van der Waals surface area contributed by atoms with E-state index in [-0.39, 0.29) is 0 Å². The van der Waals surface area contributed by atoms with Crippen LogP contribution < -0.4 is 5.48 Å². The molecule has 0 fully saturated rings. The van der Waals surface area contributed by atoms with Gasteiger partial charge in [0.05, 0.1) is 5.70 Å². The Morgan fingerprint density at radius 3 is 2.71 bits per heavy atom. The van der Waals surface area contributed by atoms with Crippen LogP contribution in [0.4, 0.5) is 0 Å². The molecule has 0 aliphatic carbocycles. The van der Waals surface area contributed by atoms with Gasteiger partial charge in [-0.1, -0.05) is 41.9 Å². The van der Waals surface area contributed by atoms with Crippen molar-refractivity contribution in [1.29, 1.82) is 0 Å². The third-order valence-corrected chi connectivity index (χ3v) is 1.61. The maximum Gasteiger partial charge on any atom is 0.0636 e. The second-order valence-electron chi connectivity index (χ2n) is 2.33. The zero-order valence-corrected chi connectivity index (χ0v) is 8.54. The fourth-order valence-corrected chi connectivity index (χ4v) is 0.891. The standard InChI is InChI=1S/C9H11NO3S/c1-8(10-11-12-13-14-2)9-6-4-3-5-7-9/h3-7,10H,1H2,2H3. The lowest BCUT2D eigenvalue weighted by Gasteiger charge is -2.06. The van der Waals surface area contributed by atoms with Crippen LogP contribution in [0.15, 0.2) is 36.9 Å². The normalized spacial score (nSPS) is 9.79. The fourth-order valence-electron chi connectivity index (χ4n) is 0.807. The maximum absolute atomic E-state index is 4.50. The van der Waals surface area contributed by atoms with Crippen molar-refractivity contribution in [3.63, 3.8) is 0 Å². The smallest absolute Gasteiger partial charge is 0.0636 e. The highest BCUT2D eigenvalue weighted by Crippen LogP contribution is 2.08. The highest BCUT2D eigenvalue weighted by molar-refractivity contribution is 7.93. The van der Waals surface area contributed by atoms with Crippen molar-refractivity contribution in [2.24, 2.45) is 0 Å². The number of hydrogen-bond acceptors (Lipinski definition) is 5. The van der Waals surface area contributed by atoms with Crippen LogP contribution in [0.25, 0.3) is 5.70 Å². The van der Waals surface area contributed by atoms with Crippen molar-refractivity contribution in [2.75, 3.05) is 6.26 Å². The number of rotatable bonds is 6. The quantitative estimate of drug-likeness (QED) is 0.340. The second-order valence-corrected chi connectivity index (χ2v) is 2.80. The van der Waals surface area contributed by atoms with Crippen LogP contribution in [0, 0.1) is 0 Å². The zero-order valence-electron chi connectivity index (χ0n) is 7.73. The molecule has 0 saturated carbocycles. The van der Waals surface area contributed by atoms with Gasteiger partial charge in [-0.3, -0.25) is 0 Å². The van der Waals surface area contributed by atoms with E-state index in [1.54, 1.807) is 6.26 Å². The molecule has 0 radical (unpaired) electrons. The van der Waals surface area contributed by atoms with Crippen molar-refractivity contribution in [2.45, 2.75) is 0 Å². The van der Waals surface area contributed by atoms with Crippen LogP contribution in [0.2, 0.25) is 0 Å². The number of benzene rings is 1. The molecule has 0 spiro atoms. The largest absolute Gasteiger partial charge is 0.233 e. The maximum atomic E-state index is 4.50. The van der Waals surface area contributed by atoms with E-state index in [4.69, 9.17) is 0 Å². The van der Waals surface area contributed by atoms with Gasteiger partial charge in [0, 0.05) is 18.3 Å². The summed E-state index contributed by atoms with van der Waals surface area (Å²) in [6, 6.07) is 9.52. The Hall–Kier alpha value is -1.01. The average Bonchev–Trinajstić information content (AvgIpc) is 2.25. The number of nitrogens with one attached hydrogen (secondary N) is 1. The predicted octanol–water partition coefficient (Wildman–Crippen LogP) is 2.32.